The maximum atomic E-state index is 12.3. The van der Waals surface area contributed by atoms with Gasteiger partial charge in [-0.2, -0.15) is 0 Å². The van der Waals surface area contributed by atoms with E-state index in [0.717, 1.165) is 16.8 Å². The van der Waals surface area contributed by atoms with Gasteiger partial charge in [0.15, 0.2) is 6.61 Å². The van der Waals surface area contributed by atoms with Crippen LogP contribution in [0.3, 0.4) is 0 Å². The molecule has 1 heterocycles. The van der Waals surface area contributed by atoms with Gasteiger partial charge in [0.2, 0.25) is 0 Å². The second-order valence-electron chi connectivity index (χ2n) is 6.81. The summed E-state index contributed by atoms with van der Waals surface area (Å²) >= 11 is 0. The molecule has 0 saturated carbocycles. The van der Waals surface area contributed by atoms with E-state index in [0.29, 0.717) is 5.75 Å². The summed E-state index contributed by atoms with van der Waals surface area (Å²) in [5.41, 5.74) is 4.16. The minimum Gasteiger partial charge on any atom is -0.484 e. The molecule has 3 aromatic carbocycles. The predicted octanol–water partition coefficient (Wildman–Crippen LogP) is 3.59. The summed E-state index contributed by atoms with van der Waals surface area (Å²) < 4.78 is 7.12. The SMILES string of the molecule is C[C@@H](NC(=O)COc1ccc(-n2cnnn2)cc1)c1ccc(-c2ccccc2)cc1. The van der Waals surface area contributed by atoms with Crippen LogP contribution < -0.4 is 10.1 Å². The molecule has 0 aliphatic carbocycles. The molecule has 1 aromatic heterocycles. The van der Waals surface area contributed by atoms with Gasteiger partial charge in [0.25, 0.3) is 5.91 Å². The van der Waals surface area contributed by atoms with E-state index >= 15 is 0 Å². The first-order chi connectivity index (χ1) is 14.7. The van der Waals surface area contributed by atoms with Crippen molar-refractivity contribution in [2.24, 2.45) is 0 Å². The minimum atomic E-state index is -0.181. The van der Waals surface area contributed by atoms with Crippen LogP contribution in [0.1, 0.15) is 18.5 Å². The van der Waals surface area contributed by atoms with Crippen LogP contribution in [0.15, 0.2) is 85.2 Å². The van der Waals surface area contributed by atoms with Gasteiger partial charge in [0.1, 0.15) is 12.1 Å². The van der Waals surface area contributed by atoms with E-state index in [9.17, 15) is 4.79 Å². The van der Waals surface area contributed by atoms with Crippen molar-refractivity contribution in [2.45, 2.75) is 13.0 Å². The molecular weight excluding hydrogens is 378 g/mol. The summed E-state index contributed by atoms with van der Waals surface area (Å²) in [6.45, 7) is 1.90. The minimum absolute atomic E-state index is 0.0589. The summed E-state index contributed by atoms with van der Waals surface area (Å²) in [6, 6.07) is 25.5. The quantitative estimate of drug-likeness (QED) is 0.514. The summed E-state index contributed by atoms with van der Waals surface area (Å²) in [4.78, 5) is 12.3. The lowest BCUT2D eigenvalue weighted by Gasteiger charge is -2.15. The average Bonchev–Trinajstić information content (AvgIpc) is 3.34. The fourth-order valence-corrected chi connectivity index (χ4v) is 3.08. The molecule has 0 saturated heterocycles. The van der Waals surface area contributed by atoms with Crippen LogP contribution >= 0.6 is 0 Å². The van der Waals surface area contributed by atoms with Crippen LogP contribution in [-0.4, -0.2) is 32.7 Å². The fourth-order valence-electron chi connectivity index (χ4n) is 3.08. The maximum absolute atomic E-state index is 12.3. The number of ether oxygens (including phenoxy) is 1. The first-order valence-electron chi connectivity index (χ1n) is 9.60. The summed E-state index contributed by atoms with van der Waals surface area (Å²) in [5, 5.41) is 14.0. The Morgan fingerprint density at radius 3 is 2.33 bits per heavy atom. The molecule has 0 bridgehead atoms. The van der Waals surface area contributed by atoms with Crippen molar-refractivity contribution in [1.82, 2.24) is 25.5 Å². The van der Waals surface area contributed by atoms with Crippen molar-refractivity contribution in [3.05, 3.63) is 90.8 Å². The number of nitrogens with one attached hydrogen (secondary N) is 1. The van der Waals surface area contributed by atoms with E-state index in [1.807, 2.05) is 49.4 Å². The highest BCUT2D eigenvalue weighted by molar-refractivity contribution is 5.78. The number of benzene rings is 3. The smallest absolute Gasteiger partial charge is 0.258 e. The van der Waals surface area contributed by atoms with Crippen molar-refractivity contribution in [3.63, 3.8) is 0 Å². The molecule has 7 nitrogen and oxygen atoms in total. The Hall–Kier alpha value is -4.00. The van der Waals surface area contributed by atoms with Crippen molar-refractivity contribution in [3.8, 4) is 22.6 Å². The van der Waals surface area contributed by atoms with E-state index in [1.165, 1.54) is 11.9 Å². The number of carbonyl (C=O) groups is 1. The van der Waals surface area contributed by atoms with Gasteiger partial charge in [-0.05, 0) is 58.3 Å². The molecule has 150 valence electrons. The van der Waals surface area contributed by atoms with Gasteiger partial charge in [-0.25, -0.2) is 4.68 Å². The lowest BCUT2D eigenvalue weighted by Crippen LogP contribution is -2.31. The van der Waals surface area contributed by atoms with E-state index in [-0.39, 0.29) is 18.6 Å². The fraction of sp³-hybridized carbons (Fsp3) is 0.130. The number of carbonyl (C=O) groups excluding carboxylic acids is 1. The molecule has 0 aliphatic heterocycles. The van der Waals surface area contributed by atoms with Gasteiger partial charge in [-0.15, -0.1) is 5.10 Å². The third-order valence-corrected chi connectivity index (χ3v) is 4.72. The molecule has 7 heteroatoms. The Bertz CT molecular complexity index is 1080. The van der Waals surface area contributed by atoms with Crippen molar-refractivity contribution in [2.75, 3.05) is 6.61 Å². The third kappa shape index (κ3) is 4.70. The zero-order valence-corrected chi connectivity index (χ0v) is 16.5. The van der Waals surface area contributed by atoms with E-state index in [2.05, 4.69) is 45.1 Å². The average molecular weight is 399 g/mol. The number of hydrogen-bond donors (Lipinski definition) is 1. The Labute approximate surface area is 174 Å². The van der Waals surface area contributed by atoms with E-state index < -0.39 is 0 Å². The zero-order valence-electron chi connectivity index (χ0n) is 16.5. The second-order valence-corrected chi connectivity index (χ2v) is 6.81. The monoisotopic (exact) mass is 399 g/mol. The second kappa shape index (κ2) is 9.00. The van der Waals surface area contributed by atoms with E-state index in [4.69, 9.17) is 4.74 Å². The number of rotatable bonds is 7. The maximum Gasteiger partial charge on any atom is 0.258 e. The molecule has 0 fully saturated rings. The molecule has 30 heavy (non-hydrogen) atoms. The Kier molecular flexibility index (Phi) is 5.80. The van der Waals surface area contributed by atoms with Gasteiger partial charge < -0.3 is 10.1 Å². The standard InChI is InChI=1S/C23H21N5O2/c1-17(18-7-9-20(10-8-18)19-5-3-2-4-6-19)25-23(29)15-30-22-13-11-21(12-14-22)28-16-24-26-27-28/h2-14,16-17H,15H2,1H3,(H,25,29)/t17-/m1/s1. The highest BCUT2D eigenvalue weighted by atomic mass is 16.5. The van der Waals surface area contributed by atoms with Crippen LogP contribution in [0.4, 0.5) is 0 Å². The number of tetrazole rings is 1. The lowest BCUT2D eigenvalue weighted by atomic mass is 10.0. The van der Waals surface area contributed by atoms with Crippen molar-refractivity contribution in [1.29, 1.82) is 0 Å². The first-order valence-corrected chi connectivity index (χ1v) is 9.60. The lowest BCUT2D eigenvalue weighted by molar-refractivity contribution is -0.123. The molecule has 0 unspecified atom stereocenters. The third-order valence-electron chi connectivity index (χ3n) is 4.72. The van der Waals surface area contributed by atoms with Crippen LogP contribution in [0.2, 0.25) is 0 Å². The Morgan fingerprint density at radius 2 is 1.67 bits per heavy atom. The predicted molar refractivity (Wildman–Crippen MR) is 113 cm³/mol. The summed E-state index contributed by atoms with van der Waals surface area (Å²) in [6.07, 6.45) is 1.51. The zero-order chi connectivity index (χ0) is 20.8. The van der Waals surface area contributed by atoms with E-state index in [1.54, 1.807) is 16.8 Å². The van der Waals surface area contributed by atoms with Crippen LogP contribution in [0, 0.1) is 0 Å². The normalized spacial score (nSPS) is 11.6. The molecule has 1 N–H and O–H groups in total. The molecule has 0 spiro atoms. The number of nitrogens with zero attached hydrogens (tertiary/aromatic N) is 4. The molecule has 1 amide bonds. The van der Waals surface area contributed by atoms with Gasteiger partial charge in [0.05, 0.1) is 11.7 Å². The summed E-state index contributed by atoms with van der Waals surface area (Å²) in [5.74, 6) is 0.418. The van der Waals surface area contributed by atoms with Crippen LogP contribution in [0.25, 0.3) is 16.8 Å². The Morgan fingerprint density at radius 1 is 0.967 bits per heavy atom. The summed E-state index contributed by atoms with van der Waals surface area (Å²) in [7, 11) is 0. The van der Waals surface area contributed by atoms with Gasteiger partial charge in [0, 0.05) is 0 Å². The van der Waals surface area contributed by atoms with Gasteiger partial charge in [-0.1, -0.05) is 54.6 Å². The molecule has 1 atom stereocenters. The highest BCUT2D eigenvalue weighted by Gasteiger charge is 2.11. The van der Waals surface area contributed by atoms with Crippen LogP contribution in [0.5, 0.6) is 5.75 Å². The molecule has 4 aromatic rings. The highest BCUT2D eigenvalue weighted by Crippen LogP contribution is 2.22. The van der Waals surface area contributed by atoms with Crippen molar-refractivity contribution >= 4 is 5.91 Å². The van der Waals surface area contributed by atoms with Gasteiger partial charge >= 0.3 is 0 Å². The van der Waals surface area contributed by atoms with Crippen LogP contribution in [-0.2, 0) is 4.79 Å². The number of aromatic nitrogens is 4. The first kappa shape index (κ1) is 19.3. The van der Waals surface area contributed by atoms with Gasteiger partial charge in [-0.3, -0.25) is 4.79 Å². The molecule has 0 radical (unpaired) electrons. The topological polar surface area (TPSA) is 81.9 Å². The molecule has 4 rings (SSSR count). The number of hydrogen-bond acceptors (Lipinski definition) is 5. The number of amides is 1. The Balaban J connectivity index is 1.29. The largest absolute Gasteiger partial charge is 0.484 e. The molecular formula is C23H21N5O2. The molecule has 0 aliphatic rings. The van der Waals surface area contributed by atoms with Crippen molar-refractivity contribution < 1.29 is 9.53 Å².